The van der Waals surface area contributed by atoms with E-state index in [0.29, 0.717) is 28.8 Å². The standard InChI is InChI=1S/C30H38N2O5/c1-22-11-9-17-26(30(35)36-2)28(22)31-27(33)21-32(19-23-12-5-3-6-13-23)18-10-14-24(20-32)29(34)37-25-15-7-4-8-16-25/h3,5-6,9,11-13,17,24-25H,4,7-8,10,14-16,18-21H2,1-2H3/p+1. The average molecular weight is 508 g/mol. The molecular formula is C30H39N2O5+. The first-order chi connectivity index (χ1) is 17.9. The lowest BCUT2D eigenvalue weighted by Gasteiger charge is -2.43. The maximum Gasteiger partial charge on any atom is 0.339 e. The molecule has 7 heteroatoms. The zero-order valence-electron chi connectivity index (χ0n) is 22.0. The number of nitrogens with one attached hydrogen (secondary N) is 1. The Kier molecular flexibility index (Phi) is 8.98. The number of hydrogen-bond acceptors (Lipinski definition) is 5. The Hall–Kier alpha value is -3.19. The van der Waals surface area contributed by atoms with Gasteiger partial charge in [-0.25, -0.2) is 4.79 Å². The zero-order chi connectivity index (χ0) is 26.3. The summed E-state index contributed by atoms with van der Waals surface area (Å²) >= 11 is 0. The van der Waals surface area contributed by atoms with Crippen LogP contribution in [0.4, 0.5) is 5.69 Å². The molecule has 2 aliphatic rings. The van der Waals surface area contributed by atoms with Crippen molar-refractivity contribution in [1.29, 1.82) is 0 Å². The number of anilines is 1. The number of aryl methyl sites for hydroxylation is 1. The Labute approximate surface area is 219 Å². The molecule has 37 heavy (non-hydrogen) atoms. The number of piperidine rings is 1. The maximum absolute atomic E-state index is 13.5. The molecule has 1 N–H and O–H groups in total. The summed E-state index contributed by atoms with van der Waals surface area (Å²) < 4.78 is 11.3. The molecule has 2 fully saturated rings. The van der Waals surface area contributed by atoms with E-state index in [-0.39, 0.29) is 30.4 Å². The molecule has 2 aromatic carbocycles. The quantitative estimate of drug-likeness (QED) is 0.401. The third-order valence-electron chi connectivity index (χ3n) is 7.74. The number of ether oxygens (including phenoxy) is 2. The van der Waals surface area contributed by atoms with E-state index in [4.69, 9.17) is 9.47 Å². The highest BCUT2D eigenvalue weighted by Gasteiger charge is 2.41. The zero-order valence-corrected chi connectivity index (χ0v) is 22.0. The Bertz CT molecular complexity index is 1100. The number of hydrogen-bond donors (Lipinski definition) is 1. The minimum Gasteiger partial charge on any atom is -0.465 e. The van der Waals surface area contributed by atoms with Crippen LogP contribution in [0.3, 0.4) is 0 Å². The van der Waals surface area contributed by atoms with Crippen molar-refractivity contribution < 1.29 is 28.3 Å². The maximum atomic E-state index is 13.5. The molecule has 1 aliphatic heterocycles. The fourth-order valence-corrected chi connectivity index (χ4v) is 5.87. The van der Waals surface area contributed by atoms with Gasteiger partial charge in [0.15, 0.2) is 6.54 Å². The fourth-order valence-electron chi connectivity index (χ4n) is 5.87. The summed E-state index contributed by atoms with van der Waals surface area (Å²) in [6.45, 7) is 4.07. The highest BCUT2D eigenvalue weighted by atomic mass is 16.5. The number of carbonyl (C=O) groups is 3. The SMILES string of the molecule is COC(=O)c1cccc(C)c1NC(=O)C[N+]1(Cc2ccccc2)CCCC(C(=O)OC2CCCCC2)C1. The van der Waals surface area contributed by atoms with Gasteiger partial charge in [0, 0.05) is 5.56 Å². The molecule has 0 radical (unpaired) electrons. The van der Waals surface area contributed by atoms with Gasteiger partial charge in [0.2, 0.25) is 0 Å². The molecule has 7 nitrogen and oxygen atoms in total. The summed E-state index contributed by atoms with van der Waals surface area (Å²) in [4.78, 5) is 39.0. The van der Waals surface area contributed by atoms with Crippen LogP contribution in [0, 0.1) is 12.8 Å². The summed E-state index contributed by atoms with van der Waals surface area (Å²) in [5, 5.41) is 2.99. The summed E-state index contributed by atoms with van der Waals surface area (Å²) in [6, 6.07) is 15.4. The molecule has 198 valence electrons. The Morgan fingerprint density at radius 3 is 2.43 bits per heavy atom. The Balaban J connectivity index is 1.53. The largest absolute Gasteiger partial charge is 0.465 e. The van der Waals surface area contributed by atoms with Crippen LogP contribution >= 0.6 is 0 Å². The van der Waals surface area contributed by atoms with Gasteiger partial charge in [-0.3, -0.25) is 9.59 Å². The summed E-state index contributed by atoms with van der Waals surface area (Å²) in [7, 11) is 1.33. The minimum absolute atomic E-state index is 0.0281. The van der Waals surface area contributed by atoms with E-state index in [1.165, 1.54) is 13.5 Å². The van der Waals surface area contributed by atoms with Gasteiger partial charge in [-0.1, -0.05) is 48.9 Å². The topological polar surface area (TPSA) is 81.7 Å². The lowest BCUT2D eigenvalue weighted by molar-refractivity contribution is -0.940. The smallest absolute Gasteiger partial charge is 0.339 e. The highest BCUT2D eigenvalue weighted by Crippen LogP contribution is 2.30. The van der Waals surface area contributed by atoms with Crippen LogP contribution in [-0.4, -0.2) is 55.2 Å². The third-order valence-corrected chi connectivity index (χ3v) is 7.74. The summed E-state index contributed by atoms with van der Waals surface area (Å²) in [5.74, 6) is -1.02. The molecule has 1 aliphatic carbocycles. The van der Waals surface area contributed by atoms with Crippen LogP contribution in [0.2, 0.25) is 0 Å². The van der Waals surface area contributed by atoms with Crippen LogP contribution in [0.15, 0.2) is 48.5 Å². The van der Waals surface area contributed by atoms with Crippen molar-refractivity contribution in [3.8, 4) is 0 Å². The predicted molar refractivity (Wildman–Crippen MR) is 142 cm³/mol. The number of amides is 1. The van der Waals surface area contributed by atoms with Crippen molar-refractivity contribution >= 4 is 23.5 Å². The second kappa shape index (κ2) is 12.4. The van der Waals surface area contributed by atoms with E-state index in [1.54, 1.807) is 12.1 Å². The van der Waals surface area contributed by atoms with Crippen LogP contribution in [0.5, 0.6) is 0 Å². The van der Waals surface area contributed by atoms with E-state index in [0.717, 1.165) is 56.2 Å². The van der Waals surface area contributed by atoms with Gasteiger partial charge in [0.1, 0.15) is 18.6 Å². The first-order valence-electron chi connectivity index (χ1n) is 13.5. The first kappa shape index (κ1) is 26.9. The number of benzene rings is 2. The van der Waals surface area contributed by atoms with E-state index < -0.39 is 5.97 Å². The van der Waals surface area contributed by atoms with Crippen molar-refractivity contribution in [2.45, 2.75) is 64.5 Å². The molecule has 0 spiro atoms. The number of carbonyl (C=O) groups excluding carboxylic acids is 3. The fraction of sp³-hybridized carbons (Fsp3) is 0.500. The van der Waals surface area contributed by atoms with Crippen LogP contribution in [0.25, 0.3) is 0 Å². The molecule has 0 aromatic heterocycles. The number of esters is 2. The number of likely N-dealkylation sites (tertiary alicyclic amines) is 1. The lowest BCUT2D eigenvalue weighted by Crippen LogP contribution is -2.58. The first-order valence-corrected chi connectivity index (χ1v) is 13.5. The molecule has 2 aromatic rings. The molecule has 1 amide bonds. The van der Waals surface area contributed by atoms with Crippen LogP contribution in [0.1, 0.15) is 66.4 Å². The van der Waals surface area contributed by atoms with Crippen molar-refractivity contribution in [2.24, 2.45) is 5.92 Å². The Morgan fingerprint density at radius 2 is 1.70 bits per heavy atom. The van der Waals surface area contributed by atoms with Crippen molar-refractivity contribution in [1.82, 2.24) is 0 Å². The molecule has 2 atom stereocenters. The normalized spacial score (nSPS) is 22.2. The second-order valence-corrected chi connectivity index (χ2v) is 10.6. The van der Waals surface area contributed by atoms with E-state index >= 15 is 0 Å². The molecule has 4 rings (SSSR count). The van der Waals surface area contributed by atoms with E-state index in [9.17, 15) is 14.4 Å². The van der Waals surface area contributed by atoms with Gasteiger partial charge in [-0.05, 0) is 57.1 Å². The number of quaternary nitrogens is 1. The average Bonchev–Trinajstić information content (AvgIpc) is 2.90. The number of para-hydroxylation sites is 1. The monoisotopic (exact) mass is 507 g/mol. The van der Waals surface area contributed by atoms with Crippen LogP contribution in [-0.2, 0) is 25.6 Å². The van der Waals surface area contributed by atoms with Crippen molar-refractivity contribution in [3.63, 3.8) is 0 Å². The van der Waals surface area contributed by atoms with Gasteiger partial charge in [0.25, 0.3) is 5.91 Å². The lowest BCUT2D eigenvalue weighted by atomic mass is 9.93. The molecule has 1 saturated carbocycles. The van der Waals surface area contributed by atoms with Gasteiger partial charge in [-0.15, -0.1) is 0 Å². The molecule has 1 saturated heterocycles. The Morgan fingerprint density at radius 1 is 0.946 bits per heavy atom. The van der Waals surface area contributed by atoms with Gasteiger partial charge >= 0.3 is 11.9 Å². The summed E-state index contributed by atoms with van der Waals surface area (Å²) in [5.41, 5.74) is 2.72. The number of methoxy groups -OCH3 is 1. The second-order valence-electron chi connectivity index (χ2n) is 10.6. The predicted octanol–water partition coefficient (Wildman–Crippen LogP) is 5.02. The number of nitrogens with zero attached hydrogens (tertiary/aromatic N) is 1. The highest BCUT2D eigenvalue weighted by molar-refractivity contribution is 6.02. The minimum atomic E-state index is -0.490. The molecular weight excluding hydrogens is 468 g/mol. The third kappa shape index (κ3) is 6.98. The van der Waals surface area contributed by atoms with Gasteiger partial charge in [0.05, 0.1) is 31.5 Å². The molecule has 1 heterocycles. The van der Waals surface area contributed by atoms with E-state index in [1.807, 2.05) is 31.2 Å². The van der Waals surface area contributed by atoms with Crippen LogP contribution < -0.4 is 5.32 Å². The van der Waals surface area contributed by atoms with Crippen molar-refractivity contribution in [3.05, 3.63) is 65.2 Å². The molecule has 2 unspecified atom stereocenters. The molecule has 0 bridgehead atoms. The van der Waals surface area contributed by atoms with E-state index in [2.05, 4.69) is 17.4 Å². The summed E-state index contributed by atoms with van der Waals surface area (Å²) in [6.07, 6.45) is 7.00. The number of rotatable bonds is 8. The van der Waals surface area contributed by atoms with Crippen molar-refractivity contribution in [2.75, 3.05) is 32.1 Å². The van der Waals surface area contributed by atoms with Gasteiger partial charge in [-0.2, -0.15) is 0 Å². The van der Waals surface area contributed by atoms with Gasteiger partial charge < -0.3 is 19.3 Å².